The summed E-state index contributed by atoms with van der Waals surface area (Å²) in [4.78, 5) is 11.9. The van der Waals surface area contributed by atoms with Gasteiger partial charge < -0.3 is 9.52 Å². The van der Waals surface area contributed by atoms with Crippen LogP contribution < -0.4 is 5.43 Å². The molecule has 0 bridgehead atoms. The summed E-state index contributed by atoms with van der Waals surface area (Å²) in [6.07, 6.45) is 0.0877. The second-order valence-electron chi connectivity index (χ2n) is 5.71. The third-order valence-corrected chi connectivity index (χ3v) is 4.22. The van der Waals surface area contributed by atoms with E-state index in [9.17, 15) is 9.90 Å². The van der Waals surface area contributed by atoms with E-state index in [1.54, 1.807) is 36.4 Å². The summed E-state index contributed by atoms with van der Waals surface area (Å²) in [6, 6.07) is 17.8. The Bertz CT molecular complexity index is 935. The molecule has 2 N–H and O–H groups in total. The van der Waals surface area contributed by atoms with Crippen molar-refractivity contribution < 1.29 is 14.3 Å². The number of nitrogens with one attached hydrogen (secondary N) is 1. The molecule has 0 radical (unpaired) electrons. The van der Waals surface area contributed by atoms with E-state index in [0.717, 1.165) is 11.1 Å². The van der Waals surface area contributed by atoms with Crippen molar-refractivity contribution in [1.82, 2.24) is 5.43 Å². The normalized spacial score (nSPS) is 12.3. The van der Waals surface area contributed by atoms with Crippen LogP contribution in [-0.2, 0) is 4.79 Å². The predicted molar refractivity (Wildman–Crippen MR) is 101 cm³/mol. The molecule has 0 saturated carbocycles. The number of nitrogens with zero attached hydrogens (tertiary/aromatic N) is 1. The summed E-state index contributed by atoms with van der Waals surface area (Å²) in [7, 11) is 0. The minimum atomic E-state index is -1.28. The van der Waals surface area contributed by atoms with Gasteiger partial charge in [0, 0.05) is 10.6 Å². The van der Waals surface area contributed by atoms with Gasteiger partial charge in [-0.3, -0.25) is 4.79 Å². The molecule has 0 aliphatic carbocycles. The number of hydrogen-bond acceptors (Lipinski definition) is 4. The zero-order valence-electron chi connectivity index (χ0n) is 14.0. The van der Waals surface area contributed by atoms with E-state index in [1.165, 1.54) is 6.21 Å². The van der Waals surface area contributed by atoms with E-state index in [4.69, 9.17) is 16.0 Å². The highest BCUT2D eigenvalue weighted by molar-refractivity contribution is 6.31. The number of benzene rings is 2. The second-order valence-corrected chi connectivity index (χ2v) is 6.12. The number of amides is 1. The van der Waals surface area contributed by atoms with E-state index in [-0.39, 0.29) is 0 Å². The molecule has 0 fully saturated rings. The van der Waals surface area contributed by atoms with Crippen molar-refractivity contribution in [2.24, 2.45) is 5.10 Å². The highest BCUT2D eigenvalue weighted by Crippen LogP contribution is 2.26. The Morgan fingerprint density at radius 2 is 1.96 bits per heavy atom. The largest absolute Gasteiger partial charge is 0.455 e. The van der Waals surface area contributed by atoms with Gasteiger partial charge in [0.2, 0.25) is 0 Å². The van der Waals surface area contributed by atoms with Crippen LogP contribution >= 0.6 is 11.6 Å². The first-order valence-corrected chi connectivity index (χ1v) is 8.34. The number of aliphatic hydroxyl groups is 1. The lowest BCUT2D eigenvalue weighted by Gasteiger charge is -2.08. The summed E-state index contributed by atoms with van der Waals surface area (Å²) in [6.45, 7) is 1.93. The topological polar surface area (TPSA) is 74.8 Å². The van der Waals surface area contributed by atoms with Gasteiger partial charge in [0.15, 0.2) is 6.10 Å². The summed E-state index contributed by atoms with van der Waals surface area (Å²) >= 11 is 6.13. The molecule has 0 aliphatic heterocycles. The molecule has 3 rings (SSSR count). The molecule has 0 aliphatic rings. The van der Waals surface area contributed by atoms with E-state index in [0.29, 0.717) is 22.1 Å². The molecule has 6 heteroatoms. The lowest BCUT2D eigenvalue weighted by atomic mass is 10.1. The fraction of sp³-hybridized carbons (Fsp3) is 0.100. The maximum atomic E-state index is 11.9. The van der Waals surface area contributed by atoms with Gasteiger partial charge >= 0.3 is 0 Å². The summed E-state index contributed by atoms with van der Waals surface area (Å²) in [5.74, 6) is 0.486. The molecule has 3 aromatic rings. The highest BCUT2D eigenvalue weighted by Gasteiger charge is 2.16. The first kappa shape index (κ1) is 17.9. The van der Waals surface area contributed by atoms with Gasteiger partial charge in [-0.25, -0.2) is 5.43 Å². The first-order chi connectivity index (χ1) is 12.5. The number of furan rings is 1. The zero-order chi connectivity index (χ0) is 18.5. The number of aliphatic hydroxyl groups excluding tert-OH is 1. The number of rotatable bonds is 5. The van der Waals surface area contributed by atoms with Gasteiger partial charge in [-0.1, -0.05) is 54.1 Å². The molecule has 1 aromatic heterocycles. The Balaban J connectivity index is 1.63. The van der Waals surface area contributed by atoms with Crippen molar-refractivity contribution in [2.45, 2.75) is 13.0 Å². The van der Waals surface area contributed by atoms with Crippen LogP contribution in [0.15, 0.2) is 70.2 Å². The van der Waals surface area contributed by atoms with Crippen molar-refractivity contribution in [3.8, 4) is 11.3 Å². The minimum Gasteiger partial charge on any atom is -0.455 e. The quantitative estimate of drug-likeness (QED) is 0.526. The van der Waals surface area contributed by atoms with Gasteiger partial charge in [-0.15, -0.1) is 0 Å². The third kappa shape index (κ3) is 4.20. The average molecular weight is 369 g/mol. The second kappa shape index (κ2) is 7.99. The number of carbonyl (C=O) groups excluding carboxylic acids is 1. The van der Waals surface area contributed by atoms with Gasteiger partial charge in [0.25, 0.3) is 5.91 Å². The van der Waals surface area contributed by atoms with Crippen LogP contribution in [0.25, 0.3) is 11.3 Å². The molecule has 132 valence electrons. The molecule has 1 amide bonds. The van der Waals surface area contributed by atoms with Crippen molar-refractivity contribution in [3.05, 3.63) is 82.6 Å². The van der Waals surface area contributed by atoms with Crippen molar-refractivity contribution >= 4 is 23.7 Å². The lowest BCUT2D eigenvalue weighted by Crippen LogP contribution is -2.25. The van der Waals surface area contributed by atoms with E-state index < -0.39 is 12.0 Å². The first-order valence-electron chi connectivity index (χ1n) is 7.97. The fourth-order valence-corrected chi connectivity index (χ4v) is 2.51. The van der Waals surface area contributed by atoms with E-state index in [1.807, 2.05) is 31.2 Å². The standard InChI is InChI=1S/C20H17ClN2O3/c1-13-7-8-15(11-17(13)21)18-10-9-16(26-18)12-22-23-20(25)19(24)14-5-3-2-4-6-14/h2-12,19,24H,1H3,(H,23,25)/b22-12-. The van der Waals surface area contributed by atoms with Crippen LogP contribution in [0.1, 0.15) is 23.0 Å². The van der Waals surface area contributed by atoms with Crippen molar-refractivity contribution in [3.63, 3.8) is 0 Å². The predicted octanol–water partition coefficient (Wildman–Crippen LogP) is 4.09. The van der Waals surface area contributed by atoms with Gasteiger partial charge in [0.05, 0.1) is 6.21 Å². The Kier molecular flexibility index (Phi) is 5.51. The van der Waals surface area contributed by atoms with E-state index >= 15 is 0 Å². The molecular weight excluding hydrogens is 352 g/mol. The van der Waals surface area contributed by atoms with Crippen LogP contribution in [0.3, 0.4) is 0 Å². The van der Waals surface area contributed by atoms with Gasteiger partial charge in [-0.2, -0.15) is 5.10 Å². The molecule has 1 unspecified atom stereocenters. The Morgan fingerprint density at radius 3 is 2.69 bits per heavy atom. The van der Waals surface area contributed by atoms with Gasteiger partial charge in [-0.05, 0) is 36.2 Å². The molecule has 26 heavy (non-hydrogen) atoms. The fourth-order valence-electron chi connectivity index (χ4n) is 2.33. The summed E-state index contributed by atoms with van der Waals surface area (Å²) in [5.41, 5.74) is 4.63. The summed E-state index contributed by atoms with van der Waals surface area (Å²) in [5, 5.41) is 14.5. The Labute approximate surface area is 155 Å². The maximum Gasteiger partial charge on any atom is 0.273 e. The molecule has 1 heterocycles. The molecule has 5 nitrogen and oxygen atoms in total. The number of halogens is 1. The van der Waals surface area contributed by atoms with Crippen LogP contribution in [0.2, 0.25) is 5.02 Å². The van der Waals surface area contributed by atoms with E-state index in [2.05, 4.69) is 10.5 Å². The Hall–Kier alpha value is -2.89. The molecule has 0 saturated heterocycles. The van der Waals surface area contributed by atoms with Crippen molar-refractivity contribution in [2.75, 3.05) is 0 Å². The molecule has 2 aromatic carbocycles. The minimum absolute atomic E-state index is 0.464. The highest BCUT2D eigenvalue weighted by atomic mass is 35.5. The SMILES string of the molecule is Cc1ccc(-c2ccc(/C=N\NC(=O)C(O)c3ccccc3)o2)cc1Cl. The number of carbonyl (C=O) groups is 1. The summed E-state index contributed by atoms with van der Waals surface area (Å²) < 4.78 is 5.67. The zero-order valence-corrected chi connectivity index (χ0v) is 14.8. The van der Waals surface area contributed by atoms with Crippen molar-refractivity contribution in [1.29, 1.82) is 0 Å². The lowest BCUT2D eigenvalue weighted by molar-refractivity contribution is -0.129. The number of hydrazone groups is 1. The average Bonchev–Trinajstić information content (AvgIpc) is 3.13. The molecular formula is C20H17ClN2O3. The Morgan fingerprint density at radius 1 is 1.19 bits per heavy atom. The van der Waals surface area contributed by atoms with Gasteiger partial charge in [0.1, 0.15) is 11.5 Å². The van der Waals surface area contributed by atoms with Crippen LogP contribution in [0.5, 0.6) is 0 Å². The maximum absolute atomic E-state index is 11.9. The molecule has 0 spiro atoms. The third-order valence-electron chi connectivity index (χ3n) is 3.81. The molecule has 1 atom stereocenters. The smallest absolute Gasteiger partial charge is 0.273 e. The number of aryl methyl sites for hydroxylation is 1. The number of hydrogen-bond donors (Lipinski definition) is 2. The van der Waals surface area contributed by atoms with Crippen LogP contribution in [0, 0.1) is 6.92 Å². The van der Waals surface area contributed by atoms with Crippen LogP contribution in [-0.4, -0.2) is 17.2 Å². The van der Waals surface area contributed by atoms with Crippen LogP contribution in [0.4, 0.5) is 0 Å². The monoisotopic (exact) mass is 368 g/mol.